The molecule has 0 fully saturated rings. The largest absolute Gasteiger partial charge is 0.340 e. The van der Waals surface area contributed by atoms with E-state index in [1.54, 1.807) is 11.0 Å². The quantitative estimate of drug-likeness (QED) is 0.783. The molecule has 23 heavy (non-hydrogen) atoms. The summed E-state index contributed by atoms with van der Waals surface area (Å²) in [5, 5.41) is 1.21. The van der Waals surface area contributed by atoms with E-state index in [9.17, 15) is 4.79 Å². The van der Waals surface area contributed by atoms with E-state index < -0.39 is 0 Å². The van der Waals surface area contributed by atoms with Crippen molar-refractivity contribution in [1.29, 1.82) is 0 Å². The highest BCUT2D eigenvalue weighted by Gasteiger charge is 2.12. The van der Waals surface area contributed by atoms with Gasteiger partial charge in [0.25, 0.3) is 0 Å². The van der Waals surface area contributed by atoms with Gasteiger partial charge in [0.2, 0.25) is 5.91 Å². The van der Waals surface area contributed by atoms with Gasteiger partial charge in [-0.05, 0) is 36.4 Å². The van der Waals surface area contributed by atoms with Crippen molar-refractivity contribution in [3.8, 4) is 0 Å². The number of carbonyl (C=O) groups is 1. The molecule has 0 N–H and O–H groups in total. The third kappa shape index (κ3) is 5.87. The zero-order valence-corrected chi connectivity index (χ0v) is 14.8. The summed E-state index contributed by atoms with van der Waals surface area (Å²) in [5.41, 5.74) is 2.11. The van der Waals surface area contributed by atoms with Gasteiger partial charge in [0, 0.05) is 30.2 Å². The van der Waals surface area contributed by atoms with E-state index >= 15 is 0 Å². The van der Waals surface area contributed by atoms with Crippen LogP contribution in [0.5, 0.6) is 0 Å². The number of nitrogens with zero attached hydrogens (tertiary/aromatic N) is 2. The van der Waals surface area contributed by atoms with Gasteiger partial charge in [-0.15, -0.1) is 0 Å². The van der Waals surface area contributed by atoms with Crippen LogP contribution in [0, 0.1) is 0 Å². The zero-order valence-electron chi connectivity index (χ0n) is 13.3. The third-order valence-electron chi connectivity index (χ3n) is 3.47. The second-order valence-electron chi connectivity index (χ2n) is 5.69. The van der Waals surface area contributed by atoms with Gasteiger partial charge in [-0.1, -0.05) is 53.5 Å². The first kappa shape index (κ1) is 17.8. The van der Waals surface area contributed by atoms with Crippen molar-refractivity contribution in [2.45, 2.75) is 13.1 Å². The molecule has 0 aliphatic carbocycles. The van der Waals surface area contributed by atoms with Crippen LogP contribution in [0.3, 0.4) is 0 Å². The average Bonchev–Trinajstić information content (AvgIpc) is 2.46. The number of benzene rings is 2. The van der Waals surface area contributed by atoms with Crippen molar-refractivity contribution in [2.75, 3.05) is 20.6 Å². The molecule has 3 nitrogen and oxygen atoms in total. The molecule has 5 heteroatoms. The first-order chi connectivity index (χ1) is 10.9. The summed E-state index contributed by atoms with van der Waals surface area (Å²) >= 11 is 12.0. The minimum Gasteiger partial charge on any atom is -0.340 e. The van der Waals surface area contributed by atoms with Gasteiger partial charge in [0.1, 0.15) is 0 Å². The second-order valence-corrected chi connectivity index (χ2v) is 6.56. The Balaban J connectivity index is 1.88. The summed E-state index contributed by atoms with van der Waals surface area (Å²) in [6.07, 6.45) is 0. The minimum atomic E-state index is 0.0736. The van der Waals surface area contributed by atoms with E-state index in [1.165, 1.54) is 0 Å². The number of halogens is 2. The standard InChI is InChI=1S/C18H20Cl2N2O/c1-21(11-15-8-16(19)10-17(20)9-15)13-18(23)22(2)12-14-6-4-3-5-7-14/h3-10H,11-13H2,1-2H3. The van der Waals surface area contributed by atoms with Crippen LogP contribution in [0.15, 0.2) is 48.5 Å². The number of likely N-dealkylation sites (N-methyl/N-ethyl adjacent to an activating group) is 2. The summed E-state index contributed by atoms with van der Waals surface area (Å²) in [4.78, 5) is 16.0. The highest BCUT2D eigenvalue weighted by atomic mass is 35.5. The van der Waals surface area contributed by atoms with E-state index in [-0.39, 0.29) is 5.91 Å². The molecule has 0 bridgehead atoms. The van der Waals surface area contributed by atoms with E-state index in [4.69, 9.17) is 23.2 Å². The van der Waals surface area contributed by atoms with Gasteiger partial charge >= 0.3 is 0 Å². The maximum atomic E-state index is 12.3. The molecule has 2 aromatic carbocycles. The first-order valence-corrected chi connectivity index (χ1v) is 8.11. The molecule has 0 unspecified atom stereocenters. The Hall–Kier alpha value is -1.55. The van der Waals surface area contributed by atoms with Crippen molar-refractivity contribution in [2.24, 2.45) is 0 Å². The van der Waals surface area contributed by atoms with Gasteiger partial charge in [0.15, 0.2) is 0 Å². The number of hydrogen-bond donors (Lipinski definition) is 0. The molecule has 122 valence electrons. The fourth-order valence-electron chi connectivity index (χ4n) is 2.37. The number of hydrogen-bond acceptors (Lipinski definition) is 2. The lowest BCUT2D eigenvalue weighted by molar-refractivity contribution is -0.131. The van der Waals surface area contributed by atoms with Crippen molar-refractivity contribution in [3.63, 3.8) is 0 Å². The molecule has 0 atom stereocenters. The highest BCUT2D eigenvalue weighted by molar-refractivity contribution is 6.34. The zero-order chi connectivity index (χ0) is 16.8. The van der Waals surface area contributed by atoms with Crippen LogP contribution in [-0.4, -0.2) is 36.3 Å². The van der Waals surface area contributed by atoms with Crippen molar-refractivity contribution >= 4 is 29.1 Å². The second kappa shape index (κ2) is 8.34. The summed E-state index contributed by atoms with van der Waals surface area (Å²) in [5.74, 6) is 0.0736. The fraction of sp³-hybridized carbons (Fsp3) is 0.278. The molecule has 0 saturated carbocycles. The predicted molar refractivity (Wildman–Crippen MR) is 95.7 cm³/mol. The Kier molecular flexibility index (Phi) is 6.46. The molecule has 0 spiro atoms. The fourth-order valence-corrected chi connectivity index (χ4v) is 2.94. The molecule has 2 rings (SSSR count). The highest BCUT2D eigenvalue weighted by Crippen LogP contribution is 2.19. The summed E-state index contributed by atoms with van der Waals surface area (Å²) in [6, 6.07) is 15.4. The van der Waals surface area contributed by atoms with Crippen LogP contribution < -0.4 is 0 Å². The smallest absolute Gasteiger partial charge is 0.236 e. The monoisotopic (exact) mass is 350 g/mol. The third-order valence-corrected chi connectivity index (χ3v) is 3.90. The topological polar surface area (TPSA) is 23.6 Å². The Labute approximate surface area is 147 Å². The van der Waals surface area contributed by atoms with Gasteiger partial charge in [-0.2, -0.15) is 0 Å². The number of amides is 1. The Bertz CT molecular complexity index is 641. The molecular weight excluding hydrogens is 331 g/mol. The van der Waals surface area contributed by atoms with Crippen LogP contribution in [0.4, 0.5) is 0 Å². The van der Waals surface area contributed by atoms with Crippen molar-refractivity contribution in [3.05, 3.63) is 69.7 Å². The van der Waals surface area contributed by atoms with E-state index in [0.29, 0.717) is 29.7 Å². The van der Waals surface area contributed by atoms with Crippen molar-refractivity contribution in [1.82, 2.24) is 9.80 Å². The summed E-state index contributed by atoms with van der Waals surface area (Å²) in [6.45, 7) is 1.56. The molecule has 0 radical (unpaired) electrons. The molecule has 0 saturated heterocycles. The lowest BCUT2D eigenvalue weighted by Crippen LogP contribution is -2.36. The Morgan fingerprint density at radius 2 is 1.52 bits per heavy atom. The lowest BCUT2D eigenvalue weighted by atomic mass is 10.2. The molecule has 0 aromatic heterocycles. The minimum absolute atomic E-state index is 0.0736. The SMILES string of the molecule is CN(CC(=O)N(C)Cc1ccccc1)Cc1cc(Cl)cc(Cl)c1. The first-order valence-electron chi connectivity index (χ1n) is 7.35. The Morgan fingerprint density at radius 3 is 2.13 bits per heavy atom. The summed E-state index contributed by atoms with van der Waals surface area (Å²) in [7, 11) is 3.72. The normalized spacial score (nSPS) is 10.8. The molecule has 0 aliphatic heterocycles. The van der Waals surface area contributed by atoms with E-state index in [1.807, 2.05) is 61.5 Å². The van der Waals surface area contributed by atoms with Gasteiger partial charge in [-0.3, -0.25) is 9.69 Å². The van der Waals surface area contributed by atoms with Crippen LogP contribution in [0.25, 0.3) is 0 Å². The van der Waals surface area contributed by atoms with Gasteiger partial charge in [-0.25, -0.2) is 0 Å². The maximum absolute atomic E-state index is 12.3. The van der Waals surface area contributed by atoms with Crippen LogP contribution in [-0.2, 0) is 17.9 Å². The van der Waals surface area contributed by atoms with Gasteiger partial charge < -0.3 is 4.90 Å². The van der Waals surface area contributed by atoms with Crippen LogP contribution in [0.1, 0.15) is 11.1 Å². The molecule has 2 aromatic rings. The summed E-state index contributed by atoms with van der Waals surface area (Å²) < 4.78 is 0. The predicted octanol–water partition coefficient (Wildman–Crippen LogP) is 4.08. The van der Waals surface area contributed by atoms with Crippen LogP contribution in [0.2, 0.25) is 10.0 Å². The molecule has 0 aliphatic rings. The Morgan fingerprint density at radius 1 is 0.913 bits per heavy atom. The number of rotatable bonds is 6. The molecule has 0 heterocycles. The van der Waals surface area contributed by atoms with Gasteiger partial charge in [0.05, 0.1) is 6.54 Å². The number of carbonyl (C=O) groups excluding carboxylic acids is 1. The van der Waals surface area contributed by atoms with Crippen molar-refractivity contribution < 1.29 is 4.79 Å². The average molecular weight is 351 g/mol. The maximum Gasteiger partial charge on any atom is 0.236 e. The van der Waals surface area contributed by atoms with E-state index in [0.717, 1.165) is 11.1 Å². The lowest BCUT2D eigenvalue weighted by Gasteiger charge is -2.22. The van der Waals surface area contributed by atoms with E-state index in [2.05, 4.69) is 0 Å². The molecular formula is C18H20Cl2N2O. The molecule has 1 amide bonds. The van der Waals surface area contributed by atoms with Crippen LogP contribution >= 0.6 is 23.2 Å².